The van der Waals surface area contributed by atoms with Crippen LogP contribution in [-0.2, 0) is 4.79 Å². The van der Waals surface area contributed by atoms with E-state index in [1.165, 1.54) is 0 Å². The van der Waals surface area contributed by atoms with Gasteiger partial charge < -0.3 is 16.0 Å². The van der Waals surface area contributed by atoms with Crippen LogP contribution in [0.1, 0.15) is 24.2 Å². The largest absolute Gasteiger partial charge is 0.352 e. The van der Waals surface area contributed by atoms with E-state index in [1.54, 1.807) is 25.2 Å². The number of anilines is 1. The summed E-state index contributed by atoms with van der Waals surface area (Å²) in [6, 6.07) is 4.82. The zero-order valence-electron chi connectivity index (χ0n) is 12.3. The molecule has 0 heterocycles. The predicted molar refractivity (Wildman–Crippen MR) is 88.4 cm³/mol. The van der Waals surface area contributed by atoms with E-state index >= 15 is 0 Å². The molecule has 21 heavy (non-hydrogen) atoms. The molecule has 0 aromatic heterocycles. The van der Waals surface area contributed by atoms with Crippen LogP contribution < -0.4 is 16.0 Å². The third kappa shape index (κ3) is 5.91. The fraction of sp³-hybridized carbons (Fsp3) is 0.429. The number of amides is 2. The fourth-order valence-electron chi connectivity index (χ4n) is 1.72. The Balaban J connectivity index is 0.00000400. The molecule has 0 bridgehead atoms. The number of rotatable bonds is 6. The molecule has 0 radical (unpaired) electrons. The number of benzene rings is 1. The normalized spacial score (nSPS) is 11.2. The van der Waals surface area contributed by atoms with Crippen molar-refractivity contribution in [3.63, 3.8) is 0 Å². The minimum Gasteiger partial charge on any atom is -0.352 e. The van der Waals surface area contributed by atoms with Crippen LogP contribution in [0.2, 0.25) is 5.02 Å². The highest BCUT2D eigenvalue weighted by atomic mass is 35.5. The summed E-state index contributed by atoms with van der Waals surface area (Å²) in [7, 11) is 1.78. The Hall–Kier alpha value is -1.30. The lowest BCUT2D eigenvalue weighted by atomic mass is 10.1. The molecule has 1 unspecified atom stereocenters. The highest BCUT2D eigenvalue weighted by Crippen LogP contribution is 2.21. The van der Waals surface area contributed by atoms with Crippen LogP contribution in [-0.4, -0.2) is 32.0 Å². The molecule has 2 amide bonds. The van der Waals surface area contributed by atoms with E-state index in [4.69, 9.17) is 11.6 Å². The van der Waals surface area contributed by atoms with E-state index in [2.05, 4.69) is 16.0 Å². The number of carbonyl (C=O) groups excluding carboxylic acids is 2. The number of nitrogens with one attached hydrogen (secondary N) is 3. The smallest absolute Gasteiger partial charge is 0.253 e. The molecule has 0 saturated carbocycles. The molecule has 3 N–H and O–H groups in total. The third-order valence-corrected chi connectivity index (χ3v) is 3.01. The maximum atomic E-state index is 12.0. The summed E-state index contributed by atoms with van der Waals surface area (Å²) in [5, 5.41) is 8.85. The topological polar surface area (TPSA) is 70.2 Å². The highest BCUT2D eigenvalue weighted by molar-refractivity contribution is 6.31. The molecule has 0 fully saturated rings. The second-order valence-corrected chi connectivity index (χ2v) is 4.93. The molecule has 1 aromatic rings. The second-order valence-electron chi connectivity index (χ2n) is 4.50. The molecule has 1 atom stereocenters. The second kappa shape index (κ2) is 9.60. The van der Waals surface area contributed by atoms with Gasteiger partial charge in [0, 0.05) is 24.0 Å². The third-order valence-electron chi connectivity index (χ3n) is 2.78. The lowest BCUT2D eigenvalue weighted by molar-refractivity contribution is -0.119. The van der Waals surface area contributed by atoms with Crippen LogP contribution in [0, 0.1) is 5.92 Å². The number of halogens is 2. The van der Waals surface area contributed by atoms with Gasteiger partial charge in [-0.15, -0.1) is 12.4 Å². The molecule has 5 nitrogen and oxygen atoms in total. The number of hydrogen-bond acceptors (Lipinski definition) is 3. The lowest BCUT2D eigenvalue weighted by Crippen LogP contribution is -2.30. The number of carbonyl (C=O) groups is 2. The molecule has 118 valence electrons. The molecule has 0 aliphatic rings. The molecule has 1 rings (SSSR count). The van der Waals surface area contributed by atoms with Gasteiger partial charge in [-0.3, -0.25) is 9.59 Å². The summed E-state index contributed by atoms with van der Waals surface area (Å²) < 4.78 is 0. The van der Waals surface area contributed by atoms with Crippen molar-refractivity contribution in [2.24, 2.45) is 5.92 Å². The predicted octanol–water partition coefficient (Wildman–Crippen LogP) is 2.31. The maximum absolute atomic E-state index is 12.0. The van der Waals surface area contributed by atoms with Gasteiger partial charge in [-0.1, -0.05) is 18.5 Å². The maximum Gasteiger partial charge on any atom is 0.253 e. The Kier molecular flexibility index (Phi) is 9.01. The van der Waals surface area contributed by atoms with Crippen LogP contribution in [0.3, 0.4) is 0 Å². The Morgan fingerprint density at radius 1 is 1.33 bits per heavy atom. The first-order chi connectivity index (χ1) is 9.49. The summed E-state index contributed by atoms with van der Waals surface area (Å²) in [5.74, 6) is -0.600. The van der Waals surface area contributed by atoms with Gasteiger partial charge in [0.1, 0.15) is 0 Å². The Morgan fingerprint density at radius 2 is 2.00 bits per heavy atom. The van der Waals surface area contributed by atoms with Gasteiger partial charge in [-0.25, -0.2) is 0 Å². The minimum absolute atomic E-state index is 0. The van der Waals surface area contributed by atoms with Gasteiger partial charge in [-0.05, 0) is 32.2 Å². The van der Waals surface area contributed by atoms with E-state index in [0.717, 1.165) is 0 Å². The first-order valence-corrected chi connectivity index (χ1v) is 6.90. The summed E-state index contributed by atoms with van der Waals surface area (Å²) >= 11 is 5.91. The molecule has 0 spiro atoms. The van der Waals surface area contributed by atoms with Crippen molar-refractivity contribution in [3.8, 4) is 0 Å². The van der Waals surface area contributed by atoms with Crippen LogP contribution in [0.15, 0.2) is 18.2 Å². The van der Waals surface area contributed by atoms with Gasteiger partial charge in [0.2, 0.25) is 5.91 Å². The molecule has 0 saturated heterocycles. The monoisotopic (exact) mass is 333 g/mol. The summed E-state index contributed by atoms with van der Waals surface area (Å²) in [6.45, 7) is 4.72. The van der Waals surface area contributed by atoms with Crippen LogP contribution >= 0.6 is 24.0 Å². The van der Waals surface area contributed by atoms with Gasteiger partial charge in [0.25, 0.3) is 5.91 Å². The fourth-order valence-corrected chi connectivity index (χ4v) is 1.90. The summed E-state index contributed by atoms with van der Waals surface area (Å²) in [5.41, 5.74) is 0.831. The van der Waals surface area contributed by atoms with E-state index in [-0.39, 0.29) is 30.1 Å². The van der Waals surface area contributed by atoms with Crippen molar-refractivity contribution in [1.82, 2.24) is 10.6 Å². The zero-order valence-corrected chi connectivity index (χ0v) is 13.9. The average Bonchev–Trinajstić information content (AvgIpc) is 2.41. The summed E-state index contributed by atoms with van der Waals surface area (Å²) in [6.07, 6.45) is 0. The molecular weight excluding hydrogens is 313 g/mol. The van der Waals surface area contributed by atoms with Crippen LogP contribution in [0.4, 0.5) is 5.69 Å². The Labute approximate surface area is 136 Å². The van der Waals surface area contributed by atoms with Gasteiger partial charge >= 0.3 is 0 Å². The van der Waals surface area contributed by atoms with Gasteiger partial charge in [-0.2, -0.15) is 0 Å². The van der Waals surface area contributed by atoms with Crippen molar-refractivity contribution >= 4 is 41.5 Å². The van der Waals surface area contributed by atoms with Crippen molar-refractivity contribution in [1.29, 1.82) is 0 Å². The van der Waals surface area contributed by atoms with E-state index < -0.39 is 0 Å². The first-order valence-electron chi connectivity index (χ1n) is 6.52. The molecular formula is C14H21Cl2N3O2. The zero-order chi connectivity index (χ0) is 15.1. The van der Waals surface area contributed by atoms with Crippen molar-refractivity contribution in [3.05, 3.63) is 28.8 Å². The van der Waals surface area contributed by atoms with Crippen molar-refractivity contribution in [2.45, 2.75) is 13.8 Å². The summed E-state index contributed by atoms with van der Waals surface area (Å²) in [4.78, 5) is 24.0. The first kappa shape index (κ1) is 19.7. The highest BCUT2D eigenvalue weighted by Gasteiger charge is 2.17. The van der Waals surface area contributed by atoms with Crippen molar-refractivity contribution < 1.29 is 9.59 Å². The van der Waals surface area contributed by atoms with Crippen LogP contribution in [0.25, 0.3) is 0 Å². The quantitative estimate of drug-likeness (QED) is 0.748. The van der Waals surface area contributed by atoms with Gasteiger partial charge in [0.15, 0.2) is 0 Å². The van der Waals surface area contributed by atoms with E-state index in [9.17, 15) is 9.59 Å². The van der Waals surface area contributed by atoms with Crippen LogP contribution in [0.5, 0.6) is 0 Å². The number of hydrogen-bond donors (Lipinski definition) is 3. The lowest BCUT2D eigenvalue weighted by Gasteiger charge is -2.14. The van der Waals surface area contributed by atoms with E-state index in [1.807, 2.05) is 13.8 Å². The van der Waals surface area contributed by atoms with E-state index in [0.29, 0.717) is 29.4 Å². The van der Waals surface area contributed by atoms with Crippen molar-refractivity contribution in [2.75, 3.05) is 25.5 Å². The standard InChI is InChI=1S/C14H20ClN3O2.ClH/c1-4-17-14(20)11-7-10(15)5-6-12(11)18-13(19)9(2)8-16-3;/h5-7,9,16H,4,8H2,1-3H3,(H,17,20)(H,18,19);1H. The Morgan fingerprint density at radius 3 is 2.57 bits per heavy atom. The SMILES string of the molecule is CCNC(=O)c1cc(Cl)ccc1NC(=O)C(C)CNC.Cl. The molecule has 1 aromatic carbocycles. The average molecular weight is 334 g/mol. The molecule has 0 aliphatic heterocycles. The molecule has 7 heteroatoms. The molecule has 0 aliphatic carbocycles. The Bertz CT molecular complexity index is 495. The van der Waals surface area contributed by atoms with Gasteiger partial charge in [0.05, 0.1) is 11.3 Å². The minimum atomic E-state index is -0.258.